The molecule has 0 fully saturated rings. The lowest BCUT2D eigenvalue weighted by molar-refractivity contribution is -0.464. The van der Waals surface area contributed by atoms with Crippen LogP contribution >= 0.6 is 0 Å². The molecule has 2 atom stereocenters. The second-order valence-electron chi connectivity index (χ2n) is 7.37. The van der Waals surface area contributed by atoms with E-state index >= 15 is 0 Å². The Bertz CT molecular complexity index is 896. The van der Waals surface area contributed by atoms with Gasteiger partial charge >= 0.3 is 47.6 Å². The molecule has 2 nitrogen and oxygen atoms in total. The monoisotopic (exact) mass is 569 g/mol. The minimum atomic E-state index is -8.72. The molecular weight excluding hydrogens is 557 g/mol. The van der Waals surface area contributed by atoms with Gasteiger partial charge in [0, 0.05) is 6.04 Å². The Labute approximate surface area is 188 Å². The van der Waals surface area contributed by atoms with Crippen LogP contribution in [0.15, 0.2) is 30.3 Å². The van der Waals surface area contributed by atoms with Gasteiger partial charge in [0.25, 0.3) is 0 Å². The zero-order valence-electron chi connectivity index (χ0n) is 16.7. The summed E-state index contributed by atoms with van der Waals surface area (Å²) in [6.07, 6.45) is -13.2. The molecule has 0 saturated heterocycles. The molecule has 3 N–H and O–H groups in total. The Hall–Kier alpha value is -2.05. The van der Waals surface area contributed by atoms with Crippen LogP contribution in [0.2, 0.25) is 0 Å². The SMILES string of the molecule is N[C@@H](Cc1ccccc1)[C@@H](O)C(F)(F)C(F)(F)C(F)(F)C(F)(F)C(F)(F)C(F)(F)C(F)(F)C(F)(F)F. The van der Waals surface area contributed by atoms with Crippen molar-refractivity contribution in [3.8, 4) is 0 Å². The normalized spacial score (nSPS) is 17.2. The number of hydrogen-bond donors (Lipinski definition) is 2. The summed E-state index contributed by atoms with van der Waals surface area (Å²) in [4.78, 5) is 0. The summed E-state index contributed by atoms with van der Waals surface area (Å²) in [7, 11) is 0. The maximum Gasteiger partial charge on any atom is 0.460 e. The molecule has 0 aromatic heterocycles. The maximum absolute atomic E-state index is 14.0. The van der Waals surface area contributed by atoms with Crippen molar-refractivity contribution in [1.82, 2.24) is 0 Å². The quantitative estimate of drug-likeness (QED) is 0.344. The molecule has 36 heavy (non-hydrogen) atoms. The summed E-state index contributed by atoms with van der Waals surface area (Å²) in [6.45, 7) is 0. The first-order valence-corrected chi connectivity index (χ1v) is 8.85. The number of aliphatic hydroxyl groups excluding tert-OH is 1. The highest BCUT2D eigenvalue weighted by Crippen LogP contribution is 2.64. The van der Waals surface area contributed by atoms with Gasteiger partial charge in [0.15, 0.2) is 0 Å². The average Bonchev–Trinajstić information content (AvgIpc) is 2.72. The van der Waals surface area contributed by atoms with Gasteiger partial charge < -0.3 is 10.8 Å². The zero-order valence-corrected chi connectivity index (χ0v) is 16.7. The van der Waals surface area contributed by atoms with Gasteiger partial charge in [-0.2, -0.15) is 74.6 Å². The van der Waals surface area contributed by atoms with Crippen LogP contribution in [0.3, 0.4) is 0 Å². The topological polar surface area (TPSA) is 46.2 Å². The van der Waals surface area contributed by atoms with E-state index in [0.717, 1.165) is 12.1 Å². The Balaban J connectivity index is 3.53. The van der Waals surface area contributed by atoms with Crippen LogP contribution in [0.5, 0.6) is 0 Å². The first-order valence-electron chi connectivity index (χ1n) is 8.85. The predicted molar refractivity (Wildman–Crippen MR) is 84.8 cm³/mol. The van der Waals surface area contributed by atoms with Crippen LogP contribution in [0.1, 0.15) is 5.56 Å². The van der Waals surface area contributed by atoms with E-state index in [2.05, 4.69) is 0 Å². The first-order chi connectivity index (χ1) is 15.7. The lowest BCUT2D eigenvalue weighted by Crippen LogP contribution is -2.75. The summed E-state index contributed by atoms with van der Waals surface area (Å²) in [5, 5.41) is 9.33. The van der Waals surface area contributed by atoms with E-state index in [4.69, 9.17) is 5.73 Å². The van der Waals surface area contributed by atoms with Gasteiger partial charge in [-0.1, -0.05) is 30.3 Å². The van der Waals surface area contributed by atoms with Crippen molar-refractivity contribution in [3.63, 3.8) is 0 Å². The number of nitrogens with two attached hydrogens (primary N) is 1. The van der Waals surface area contributed by atoms with Gasteiger partial charge in [0.05, 0.1) is 0 Å². The second-order valence-corrected chi connectivity index (χ2v) is 7.37. The Morgan fingerprint density at radius 3 is 1.25 bits per heavy atom. The van der Waals surface area contributed by atoms with E-state index in [1.165, 1.54) is 18.2 Å². The number of halogens is 17. The fraction of sp³-hybridized carbons (Fsp3) is 0.647. The van der Waals surface area contributed by atoms with Gasteiger partial charge in [-0.05, 0) is 12.0 Å². The van der Waals surface area contributed by atoms with Gasteiger partial charge in [-0.3, -0.25) is 0 Å². The number of hydrogen-bond acceptors (Lipinski definition) is 2. The van der Waals surface area contributed by atoms with E-state index < -0.39 is 66.2 Å². The van der Waals surface area contributed by atoms with E-state index in [-0.39, 0.29) is 5.56 Å². The van der Waals surface area contributed by atoms with E-state index in [9.17, 15) is 79.7 Å². The number of alkyl halides is 17. The lowest BCUT2D eigenvalue weighted by Gasteiger charge is -2.43. The molecular formula is C17H12F17NO. The van der Waals surface area contributed by atoms with Crippen molar-refractivity contribution in [2.24, 2.45) is 5.73 Å². The molecule has 0 radical (unpaired) electrons. The Kier molecular flexibility index (Phi) is 8.04. The smallest absolute Gasteiger partial charge is 0.385 e. The molecule has 0 saturated carbocycles. The van der Waals surface area contributed by atoms with Crippen LogP contribution in [0.25, 0.3) is 0 Å². The minimum absolute atomic E-state index is 0.152. The third kappa shape index (κ3) is 4.45. The highest BCUT2D eigenvalue weighted by Gasteiger charge is 2.95. The average molecular weight is 569 g/mol. The van der Waals surface area contributed by atoms with Crippen LogP contribution < -0.4 is 5.73 Å². The molecule has 210 valence electrons. The summed E-state index contributed by atoms with van der Waals surface area (Å²) in [5.74, 6) is -57.7. The summed E-state index contributed by atoms with van der Waals surface area (Å²) in [6, 6.07) is 3.05. The van der Waals surface area contributed by atoms with Crippen LogP contribution in [-0.2, 0) is 6.42 Å². The molecule has 1 rings (SSSR count). The highest BCUT2D eigenvalue weighted by molar-refractivity contribution is 5.19. The number of aliphatic hydroxyl groups is 1. The lowest BCUT2D eigenvalue weighted by atomic mass is 9.86. The Morgan fingerprint density at radius 2 is 0.889 bits per heavy atom. The molecule has 1 aromatic rings. The van der Waals surface area contributed by atoms with Gasteiger partial charge in [-0.15, -0.1) is 0 Å². The third-order valence-electron chi connectivity index (χ3n) is 4.84. The molecule has 0 bridgehead atoms. The molecule has 0 aliphatic rings. The molecule has 0 amide bonds. The maximum atomic E-state index is 14.0. The third-order valence-corrected chi connectivity index (χ3v) is 4.84. The van der Waals surface area contributed by atoms with E-state index in [1.807, 2.05) is 0 Å². The van der Waals surface area contributed by atoms with Crippen molar-refractivity contribution in [1.29, 1.82) is 0 Å². The summed E-state index contributed by atoms with van der Waals surface area (Å²) >= 11 is 0. The highest BCUT2D eigenvalue weighted by atomic mass is 19.4. The molecule has 0 unspecified atom stereocenters. The standard InChI is InChI=1S/C17H12F17NO/c18-10(19,9(36)8(35)6-7-4-2-1-3-5-7)11(20,21)12(22,23)13(24,25)14(26,27)15(28,29)16(30,31)17(32,33)34/h1-5,8-9,36H,6,35H2/t8-,9+/m0/s1. The van der Waals surface area contributed by atoms with Crippen molar-refractivity contribution in [2.75, 3.05) is 0 Å². The van der Waals surface area contributed by atoms with Gasteiger partial charge in [-0.25, -0.2) is 0 Å². The van der Waals surface area contributed by atoms with Crippen molar-refractivity contribution in [3.05, 3.63) is 35.9 Å². The molecule has 0 heterocycles. The molecule has 1 aromatic carbocycles. The minimum Gasteiger partial charge on any atom is -0.385 e. The van der Waals surface area contributed by atoms with Crippen LogP contribution in [0, 0.1) is 0 Å². The summed E-state index contributed by atoms with van der Waals surface area (Å²) in [5.41, 5.74) is 4.80. The fourth-order valence-corrected chi connectivity index (χ4v) is 2.63. The van der Waals surface area contributed by atoms with Gasteiger partial charge in [0.1, 0.15) is 6.10 Å². The van der Waals surface area contributed by atoms with Crippen molar-refractivity contribution in [2.45, 2.75) is 66.2 Å². The van der Waals surface area contributed by atoms with Crippen molar-refractivity contribution < 1.29 is 79.7 Å². The van der Waals surface area contributed by atoms with Crippen LogP contribution in [-0.4, -0.2) is 64.9 Å². The molecule has 0 aliphatic heterocycles. The van der Waals surface area contributed by atoms with E-state index in [0.29, 0.717) is 0 Å². The summed E-state index contributed by atoms with van der Waals surface area (Å²) < 4.78 is 225. The van der Waals surface area contributed by atoms with E-state index in [1.54, 1.807) is 0 Å². The fourth-order valence-electron chi connectivity index (χ4n) is 2.63. The number of rotatable bonds is 10. The first kappa shape index (κ1) is 32.0. The predicted octanol–water partition coefficient (Wildman–Crippen LogP) is 5.93. The second kappa shape index (κ2) is 9.05. The Morgan fingerprint density at radius 1 is 0.556 bits per heavy atom. The molecule has 19 heteroatoms. The van der Waals surface area contributed by atoms with Gasteiger partial charge in [0.2, 0.25) is 0 Å². The molecule has 0 spiro atoms. The largest absolute Gasteiger partial charge is 0.460 e. The zero-order chi connectivity index (χ0) is 29.0. The van der Waals surface area contributed by atoms with Crippen molar-refractivity contribution >= 4 is 0 Å². The number of benzene rings is 1. The van der Waals surface area contributed by atoms with Crippen LogP contribution in [0.4, 0.5) is 74.6 Å². The molecule has 0 aliphatic carbocycles.